The molecule has 0 heterocycles. The summed E-state index contributed by atoms with van der Waals surface area (Å²) in [5.74, 6) is 0. The number of hydrogen-bond acceptors (Lipinski definition) is 0. The van der Waals surface area contributed by atoms with Gasteiger partial charge in [0.05, 0.1) is 0 Å². The second-order valence-corrected chi connectivity index (χ2v) is 11.6. The van der Waals surface area contributed by atoms with E-state index >= 15 is 0 Å². The van der Waals surface area contributed by atoms with Gasteiger partial charge in [0.15, 0.2) is 0 Å². The van der Waals surface area contributed by atoms with Gasteiger partial charge in [0.2, 0.25) is 0 Å². The minimum Gasteiger partial charge on any atom is -0.0988 e. The minimum absolute atomic E-state index is 1.02. The van der Waals surface area contributed by atoms with E-state index in [1.165, 1.54) is 135 Å². The normalized spacial score (nSPS) is 8.00. The van der Waals surface area contributed by atoms with Crippen molar-refractivity contribution in [3.63, 3.8) is 0 Å². The molecule has 0 radical (unpaired) electrons. The van der Waals surface area contributed by atoms with Gasteiger partial charge < -0.3 is 0 Å². The van der Waals surface area contributed by atoms with E-state index in [2.05, 4.69) is 123 Å². The fraction of sp³-hybridized carbons (Fsp3) is 0.822. The highest BCUT2D eigenvalue weighted by Crippen LogP contribution is 1.91. The van der Waals surface area contributed by atoms with Gasteiger partial charge >= 0.3 is 0 Å². The molecule has 0 amide bonds. The summed E-state index contributed by atoms with van der Waals surface area (Å²) in [7, 11) is 0. The van der Waals surface area contributed by atoms with E-state index in [0.29, 0.717) is 0 Å². The topological polar surface area (TPSA) is 0 Å². The van der Waals surface area contributed by atoms with Crippen LogP contribution in [0.4, 0.5) is 0 Å². The Balaban J connectivity index is -0.0000000463. The molecule has 0 N–H and O–H groups in total. The van der Waals surface area contributed by atoms with E-state index in [-0.39, 0.29) is 0 Å². The molecule has 0 aromatic rings. The van der Waals surface area contributed by atoms with Gasteiger partial charge in [0.1, 0.15) is 0 Å². The first-order valence-corrected chi connectivity index (χ1v) is 20.0. The van der Waals surface area contributed by atoms with Crippen LogP contribution in [0.5, 0.6) is 0 Å². The zero-order chi connectivity index (χ0) is 37.4. The number of allylic oxidation sites excluding steroid dienone is 4. The Bertz CT molecular complexity index is 309. The highest BCUT2D eigenvalue weighted by molar-refractivity contribution is 5.06. The second kappa shape index (κ2) is 96.8. The molecule has 0 saturated carbocycles. The van der Waals surface area contributed by atoms with E-state index < -0.39 is 0 Å². The monoisotopic (exact) mass is 641 g/mol. The van der Waals surface area contributed by atoms with Gasteiger partial charge in [-0.15, -0.1) is 0 Å². The van der Waals surface area contributed by atoms with Crippen molar-refractivity contribution in [2.45, 2.75) is 246 Å². The summed E-state index contributed by atoms with van der Waals surface area (Å²) < 4.78 is 0. The summed E-state index contributed by atoms with van der Waals surface area (Å²) in [6.07, 6.45) is 32.0. The Hall–Kier alpha value is -1.04. The molecule has 0 unspecified atom stereocenters. The summed E-state index contributed by atoms with van der Waals surface area (Å²) in [5, 5.41) is 0. The van der Waals surface area contributed by atoms with Crippen molar-refractivity contribution < 1.29 is 0 Å². The van der Waals surface area contributed by atoms with Crippen molar-refractivity contribution in [2.24, 2.45) is 0 Å². The van der Waals surface area contributed by atoms with Crippen LogP contribution in [-0.2, 0) is 0 Å². The molecule has 0 aromatic heterocycles. The smallest absolute Gasteiger partial charge is 0.0404 e. The molecule has 0 aliphatic heterocycles. The van der Waals surface area contributed by atoms with Gasteiger partial charge in [-0.25, -0.2) is 0 Å². The summed E-state index contributed by atoms with van der Waals surface area (Å²) >= 11 is 0. The van der Waals surface area contributed by atoms with Crippen LogP contribution >= 0.6 is 0 Å². The molecule has 0 spiro atoms. The Morgan fingerprint density at radius 3 is 0.356 bits per heavy atom. The standard InChI is InChI=1S/2C5H8.7C5H12/c2*1-4-5(2)3;7*1-3-5-4-2/h2*4H,1-2H2,3H3;7*3-5H2,1-2H3. The highest BCUT2D eigenvalue weighted by atomic mass is 13.8. The maximum absolute atomic E-state index is 3.56. The molecule has 0 fully saturated rings. The Labute approximate surface area is 294 Å². The number of unbranched alkanes of at least 4 members (excludes halogenated alkanes) is 14. The zero-order valence-corrected chi connectivity index (χ0v) is 35.8. The van der Waals surface area contributed by atoms with E-state index in [1.807, 2.05) is 13.8 Å². The largest absolute Gasteiger partial charge is 0.0988 e. The number of rotatable bonds is 16. The zero-order valence-electron chi connectivity index (χ0n) is 35.8. The van der Waals surface area contributed by atoms with Gasteiger partial charge in [0.25, 0.3) is 0 Å². The molecule has 0 aliphatic carbocycles. The average molecular weight is 641 g/mol. The Kier molecular flexibility index (Phi) is 143. The molecular formula is C45H100. The van der Waals surface area contributed by atoms with Crippen molar-refractivity contribution in [2.75, 3.05) is 0 Å². The van der Waals surface area contributed by atoms with Crippen molar-refractivity contribution in [1.29, 1.82) is 0 Å². The Morgan fingerprint density at radius 2 is 0.356 bits per heavy atom. The molecular weight excluding hydrogens is 540 g/mol. The molecule has 280 valence electrons. The van der Waals surface area contributed by atoms with Crippen LogP contribution in [0.25, 0.3) is 0 Å². The van der Waals surface area contributed by atoms with Crippen molar-refractivity contribution in [3.05, 3.63) is 49.6 Å². The predicted molar refractivity (Wildman–Crippen MR) is 226 cm³/mol. The molecule has 0 nitrogen and oxygen atoms in total. The van der Waals surface area contributed by atoms with Crippen LogP contribution < -0.4 is 0 Å². The fourth-order valence-electron chi connectivity index (χ4n) is 2.47. The molecule has 0 aromatic carbocycles. The van der Waals surface area contributed by atoms with Gasteiger partial charge in [-0.05, 0) is 13.8 Å². The van der Waals surface area contributed by atoms with Crippen LogP contribution in [0.2, 0.25) is 0 Å². The summed E-state index contributed by atoms with van der Waals surface area (Å²) in [5.41, 5.74) is 2.04. The SMILES string of the molecule is C=CC(=C)C.C=CC(=C)C.CCCCC.CCCCC.CCCCC.CCCCC.CCCCC.CCCCC.CCCCC. The number of hydrogen-bond donors (Lipinski definition) is 0. The van der Waals surface area contributed by atoms with Crippen molar-refractivity contribution in [1.82, 2.24) is 0 Å². The van der Waals surface area contributed by atoms with E-state index in [0.717, 1.165) is 11.1 Å². The lowest BCUT2D eigenvalue weighted by Crippen LogP contribution is -1.59. The summed E-state index contributed by atoms with van der Waals surface area (Å²) in [6, 6.07) is 0. The molecule has 0 saturated heterocycles. The quantitative estimate of drug-likeness (QED) is 0.147. The molecule has 0 atom stereocenters. The fourth-order valence-corrected chi connectivity index (χ4v) is 2.47. The molecule has 0 aliphatic rings. The summed E-state index contributed by atoms with van der Waals surface area (Å²) in [6.45, 7) is 48.8. The van der Waals surface area contributed by atoms with Crippen LogP contribution in [0, 0.1) is 0 Å². The van der Waals surface area contributed by atoms with E-state index in [4.69, 9.17) is 0 Å². The molecule has 0 heteroatoms. The van der Waals surface area contributed by atoms with Gasteiger partial charge in [0, 0.05) is 0 Å². The first-order valence-electron chi connectivity index (χ1n) is 20.0. The van der Waals surface area contributed by atoms with Crippen molar-refractivity contribution in [3.8, 4) is 0 Å². The molecule has 0 bridgehead atoms. The summed E-state index contributed by atoms with van der Waals surface area (Å²) in [4.78, 5) is 0. The van der Waals surface area contributed by atoms with Gasteiger partial charge in [-0.2, -0.15) is 0 Å². The van der Waals surface area contributed by atoms with Crippen LogP contribution in [0.3, 0.4) is 0 Å². The lowest BCUT2D eigenvalue weighted by Gasteiger charge is -1.79. The Morgan fingerprint density at radius 1 is 0.289 bits per heavy atom. The lowest BCUT2D eigenvalue weighted by atomic mass is 10.3. The average Bonchev–Trinajstić information content (AvgIpc) is 3.02. The van der Waals surface area contributed by atoms with Gasteiger partial charge in [-0.1, -0.05) is 281 Å². The van der Waals surface area contributed by atoms with Crippen molar-refractivity contribution >= 4 is 0 Å². The van der Waals surface area contributed by atoms with Crippen LogP contribution in [0.15, 0.2) is 49.6 Å². The molecule has 45 heavy (non-hydrogen) atoms. The third-order valence-corrected chi connectivity index (χ3v) is 5.65. The maximum atomic E-state index is 3.56. The second-order valence-electron chi connectivity index (χ2n) is 11.6. The molecule has 0 rings (SSSR count). The third-order valence-electron chi connectivity index (χ3n) is 5.65. The first-order chi connectivity index (χ1) is 21.4. The predicted octanol–water partition coefficient (Wildman–Crippen LogP) is 18.9. The van der Waals surface area contributed by atoms with Gasteiger partial charge in [-0.3, -0.25) is 0 Å². The van der Waals surface area contributed by atoms with E-state index in [1.54, 1.807) is 12.2 Å². The van der Waals surface area contributed by atoms with Crippen LogP contribution in [0.1, 0.15) is 246 Å². The first kappa shape index (κ1) is 66.4. The minimum atomic E-state index is 1.02. The highest BCUT2D eigenvalue weighted by Gasteiger charge is 1.71. The van der Waals surface area contributed by atoms with Crippen LogP contribution in [-0.4, -0.2) is 0 Å². The van der Waals surface area contributed by atoms with E-state index in [9.17, 15) is 0 Å². The third kappa shape index (κ3) is 251. The maximum Gasteiger partial charge on any atom is -0.0404 e. The lowest BCUT2D eigenvalue weighted by molar-refractivity contribution is 0.772.